The number of carbonyl (C=O) groups is 1. The van der Waals surface area contributed by atoms with Crippen LogP contribution in [0.5, 0.6) is 0 Å². The minimum Gasteiger partial charge on any atom is -0.377 e. The normalized spacial score (nSPS) is 18.4. The van der Waals surface area contributed by atoms with E-state index in [9.17, 15) is 4.79 Å². The van der Waals surface area contributed by atoms with Gasteiger partial charge in [-0.05, 0) is 31.5 Å². The van der Waals surface area contributed by atoms with E-state index < -0.39 is 0 Å². The predicted molar refractivity (Wildman–Crippen MR) is 90.8 cm³/mol. The van der Waals surface area contributed by atoms with Crippen molar-refractivity contribution in [3.63, 3.8) is 0 Å². The van der Waals surface area contributed by atoms with Gasteiger partial charge in [0.1, 0.15) is 12.3 Å². The van der Waals surface area contributed by atoms with Gasteiger partial charge in [-0.25, -0.2) is 0 Å². The van der Waals surface area contributed by atoms with E-state index in [1.165, 1.54) is 6.42 Å². The van der Waals surface area contributed by atoms with Crippen molar-refractivity contribution in [2.45, 2.75) is 38.5 Å². The highest BCUT2D eigenvalue weighted by molar-refractivity contribution is 5.92. The second-order valence-corrected chi connectivity index (χ2v) is 6.30. The monoisotopic (exact) mass is 347 g/mol. The molecule has 1 saturated heterocycles. The number of methoxy groups -OCH3 is 1. The van der Waals surface area contributed by atoms with E-state index in [-0.39, 0.29) is 11.9 Å². The number of nitrogens with zero attached hydrogens (tertiary/aromatic N) is 4. The molecule has 136 valence electrons. The highest BCUT2D eigenvalue weighted by Crippen LogP contribution is 2.32. The molecular weight excluding hydrogens is 322 g/mol. The second-order valence-electron chi connectivity index (χ2n) is 6.30. The number of nitrogens with one attached hydrogen (secondary N) is 1. The summed E-state index contributed by atoms with van der Waals surface area (Å²) >= 11 is 0. The van der Waals surface area contributed by atoms with E-state index in [0.29, 0.717) is 30.6 Å². The van der Waals surface area contributed by atoms with E-state index >= 15 is 0 Å². The molecular formula is C17H25N5O3. The number of hydrogen-bond acceptors (Lipinski definition) is 6. The lowest BCUT2D eigenvalue weighted by Crippen LogP contribution is -2.34. The maximum Gasteiger partial charge on any atom is 0.267 e. The van der Waals surface area contributed by atoms with Crippen molar-refractivity contribution < 1.29 is 14.1 Å². The first-order valence-corrected chi connectivity index (χ1v) is 8.56. The van der Waals surface area contributed by atoms with Crippen LogP contribution in [0.25, 0.3) is 0 Å². The Bertz CT molecular complexity index is 724. The largest absolute Gasteiger partial charge is 0.377 e. The summed E-state index contributed by atoms with van der Waals surface area (Å²) in [6.45, 7) is 1.91. The van der Waals surface area contributed by atoms with Crippen LogP contribution in [0.15, 0.2) is 16.7 Å². The number of ether oxygens (including phenoxy) is 1. The number of carbonyl (C=O) groups excluding carboxylic acids is 1. The fourth-order valence-corrected chi connectivity index (χ4v) is 3.45. The van der Waals surface area contributed by atoms with E-state index in [4.69, 9.17) is 9.26 Å². The lowest BCUT2D eigenvalue weighted by Gasteiger charge is -2.35. The number of piperidine rings is 1. The zero-order valence-corrected chi connectivity index (χ0v) is 15.0. The summed E-state index contributed by atoms with van der Waals surface area (Å²) in [5.41, 5.74) is 1.80. The smallest absolute Gasteiger partial charge is 0.267 e. The molecule has 0 aromatic carbocycles. The zero-order valence-electron chi connectivity index (χ0n) is 15.0. The molecule has 0 saturated carbocycles. The van der Waals surface area contributed by atoms with E-state index in [0.717, 1.165) is 25.1 Å². The van der Waals surface area contributed by atoms with E-state index in [1.54, 1.807) is 14.2 Å². The van der Waals surface area contributed by atoms with Gasteiger partial charge in [-0.15, -0.1) is 0 Å². The summed E-state index contributed by atoms with van der Waals surface area (Å²) in [6, 6.07) is 4.15. The molecule has 0 spiro atoms. The predicted octanol–water partition coefficient (Wildman–Crippen LogP) is 1.64. The average molecular weight is 347 g/mol. The summed E-state index contributed by atoms with van der Waals surface area (Å²) in [7, 11) is 5.20. The lowest BCUT2D eigenvalue weighted by molar-refractivity contribution is 0.0950. The second kappa shape index (κ2) is 7.79. The minimum atomic E-state index is -0.0720. The number of hydrogen-bond donors (Lipinski definition) is 1. The van der Waals surface area contributed by atoms with Crippen LogP contribution < -0.4 is 5.32 Å². The van der Waals surface area contributed by atoms with Crippen LogP contribution in [0.3, 0.4) is 0 Å². The fraction of sp³-hybridized carbons (Fsp3) is 0.588. The molecule has 0 aliphatic carbocycles. The Hall–Kier alpha value is -2.19. The minimum absolute atomic E-state index is 0.0720. The van der Waals surface area contributed by atoms with Gasteiger partial charge in [-0.1, -0.05) is 11.6 Å². The molecule has 3 rings (SSSR count). The summed E-state index contributed by atoms with van der Waals surface area (Å²) in [5.74, 6) is 1.09. The Labute approximate surface area is 147 Å². The fourth-order valence-electron chi connectivity index (χ4n) is 3.45. The van der Waals surface area contributed by atoms with Crippen LogP contribution in [0.1, 0.15) is 53.2 Å². The van der Waals surface area contributed by atoms with Gasteiger partial charge in [0.25, 0.3) is 5.91 Å². The Morgan fingerprint density at radius 2 is 2.28 bits per heavy atom. The van der Waals surface area contributed by atoms with Gasteiger partial charge in [-0.2, -0.15) is 4.98 Å². The van der Waals surface area contributed by atoms with Crippen molar-refractivity contribution >= 4 is 5.91 Å². The lowest BCUT2D eigenvalue weighted by atomic mass is 9.99. The SMILES string of the molecule is CNC(=O)c1ccc([C@@H]2CCCCN2Cc2nc(COC)no2)n1C. The van der Waals surface area contributed by atoms with Crippen molar-refractivity contribution in [3.8, 4) is 0 Å². The van der Waals surface area contributed by atoms with Crippen molar-refractivity contribution in [3.05, 3.63) is 35.2 Å². The summed E-state index contributed by atoms with van der Waals surface area (Å²) in [4.78, 5) is 18.7. The molecule has 8 nitrogen and oxygen atoms in total. The van der Waals surface area contributed by atoms with Crippen molar-refractivity contribution in [2.75, 3.05) is 20.7 Å². The van der Waals surface area contributed by atoms with Crippen LogP contribution in [0.4, 0.5) is 0 Å². The molecule has 1 atom stereocenters. The third kappa shape index (κ3) is 3.74. The Morgan fingerprint density at radius 3 is 3.04 bits per heavy atom. The quantitative estimate of drug-likeness (QED) is 0.855. The Morgan fingerprint density at radius 1 is 1.44 bits per heavy atom. The van der Waals surface area contributed by atoms with Crippen LogP contribution in [0, 0.1) is 0 Å². The van der Waals surface area contributed by atoms with Crippen molar-refractivity contribution in [1.29, 1.82) is 0 Å². The Balaban J connectivity index is 1.79. The molecule has 3 heterocycles. The molecule has 0 radical (unpaired) electrons. The molecule has 1 N–H and O–H groups in total. The first kappa shape index (κ1) is 17.6. The van der Waals surface area contributed by atoms with Crippen LogP contribution in [-0.2, 0) is 24.9 Å². The number of aromatic nitrogens is 3. The van der Waals surface area contributed by atoms with Crippen LogP contribution in [-0.4, -0.2) is 46.2 Å². The van der Waals surface area contributed by atoms with Crippen LogP contribution in [0.2, 0.25) is 0 Å². The average Bonchev–Trinajstić information content (AvgIpc) is 3.22. The molecule has 8 heteroatoms. The molecule has 0 unspecified atom stereocenters. The number of amides is 1. The number of likely N-dealkylation sites (tertiary alicyclic amines) is 1. The maximum absolute atomic E-state index is 12.0. The molecule has 25 heavy (non-hydrogen) atoms. The zero-order chi connectivity index (χ0) is 17.8. The molecule has 1 fully saturated rings. The van der Waals surface area contributed by atoms with Gasteiger partial charge >= 0.3 is 0 Å². The van der Waals surface area contributed by atoms with Gasteiger partial charge < -0.3 is 19.1 Å². The summed E-state index contributed by atoms with van der Waals surface area (Å²) in [6.07, 6.45) is 3.35. The molecule has 1 amide bonds. The highest BCUT2D eigenvalue weighted by atomic mass is 16.5. The van der Waals surface area contributed by atoms with E-state index in [2.05, 4.69) is 20.4 Å². The third-order valence-electron chi connectivity index (χ3n) is 4.70. The van der Waals surface area contributed by atoms with Gasteiger partial charge in [0, 0.05) is 26.9 Å². The molecule has 2 aromatic heterocycles. The van der Waals surface area contributed by atoms with Gasteiger partial charge in [0.2, 0.25) is 5.89 Å². The topological polar surface area (TPSA) is 85.4 Å². The van der Waals surface area contributed by atoms with Gasteiger partial charge in [-0.3, -0.25) is 9.69 Å². The highest BCUT2D eigenvalue weighted by Gasteiger charge is 2.28. The molecule has 2 aromatic rings. The summed E-state index contributed by atoms with van der Waals surface area (Å²) in [5, 5.41) is 6.61. The van der Waals surface area contributed by atoms with Crippen molar-refractivity contribution in [1.82, 2.24) is 24.9 Å². The Kier molecular flexibility index (Phi) is 5.50. The number of rotatable bonds is 6. The molecule has 1 aliphatic heterocycles. The van der Waals surface area contributed by atoms with E-state index in [1.807, 2.05) is 23.7 Å². The maximum atomic E-state index is 12.0. The van der Waals surface area contributed by atoms with Gasteiger partial charge in [0.05, 0.1) is 12.6 Å². The van der Waals surface area contributed by atoms with Crippen LogP contribution >= 0.6 is 0 Å². The standard InChI is InChI=1S/C17H25N5O3/c1-18-17(23)14-8-7-12(21(14)2)13-6-4-5-9-22(13)10-16-19-15(11-24-3)20-25-16/h7-8,13H,4-6,9-11H2,1-3H3,(H,18,23)/t13-/m0/s1. The molecule has 1 aliphatic rings. The first-order valence-electron chi connectivity index (χ1n) is 8.56. The molecule has 0 bridgehead atoms. The first-order chi connectivity index (χ1) is 12.1. The van der Waals surface area contributed by atoms with Crippen molar-refractivity contribution in [2.24, 2.45) is 7.05 Å². The summed E-state index contributed by atoms with van der Waals surface area (Å²) < 4.78 is 12.4. The third-order valence-corrected chi connectivity index (χ3v) is 4.70. The van der Waals surface area contributed by atoms with Gasteiger partial charge in [0.15, 0.2) is 5.82 Å².